The van der Waals surface area contributed by atoms with Gasteiger partial charge in [-0.05, 0) is 0 Å². The molecule has 1 unspecified atom stereocenters. The number of nitrogens with two attached hydrogens (primary N) is 1. The normalized spacial score (nSPS) is 12.7. The minimum Gasteiger partial charge on any atom is -0.493 e. The molecule has 0 amide bonds. The minimum absolute atomic E-state index is 0.0253. The molecule has 1 rings (SSSR count). The fourth-order valence-electron chi connectivity index (χ4n) is 1.01. The summed E-state index contributed by atoms with van der Waals surface area (Å²) in [6.07, 6.45) is -1.03. The number of aromatic nitrogens is 2. The molecule has 9 nitrogen and oxygen atoms in total. The topological polar surface area (TPSA) is 151 Å². The average Bonchev–Trinajstić information content (AvgIpc) is 2.27. The predicted octanol–water partition coefficient (Wildman–Crippen LogP) is -1.23. The standard InChI is InChI=1S/C8H14N3O6P/c9-8-10-6(13)1-7(11-8)16-3-5(2-12)17-4-18(14)15/h1,5,12,14-15H,2-4H2,(H3,9,10,11,13). The maximum Gasteiger partial charge on any atom is 0.226 e. The lowest BCUT2D eigenvalue weighted by atomic mass is 10.4. The Hall–Kier alpha value is -1.25. The second-order valence-electron chi connectivity index (χ2n) is 3.21. The van der Waals surface area contributed by atoms with Crippen LogP contribution in [-0.2, 0) is 4.74 Å². The quantitative estimate of drug-likeness (QED) is 0.386. The van der Waals surface area contributed by atoms with Crippen molar-refractivity contribution in [1.29, 1.82) is 0 Å². The first-order chi connectivity index (χ1) is 8.51. The molecule has 0 saturated heterocycles. The van der Waals surface area contributed by atoms with Gasteiger partial charge < -0.3 is 35.2 Å². The Labute approximate surface area is 104 Å². The maximum absolute atomic E-state index is 9.14. The van der Waals surface area contributed by atoms with Crippen molar-refractivity contribution in [2.45, 2.75) is 6.10 Å². The van der Waals surface area contributed by atoms with Gasteiger partial charge in [0.2, 0.25) is 17.7 Å². The summed E-state index contributed by atoms with van der Waals surface area (Å²) in [5, 5.41) is 18.1. The molecule has 0 bridgehead atoms. The van der Waals surface area contributed by atoms with Crippen molar-refractivity contribution < 1.29 is 29.5 Å². The van der Waals surface area contributed by atoms with E-state index in [0.29, 0.717) is 0 Å². The number of anilines is 1. The lowest BCUT2D eigenvalue weighted by molar-refractivity contribution is 0.00304. The third-order valence-electron chi connectivity index (χ3n) is 1.75. The fourth-order valence-corrected chi connectivity index (χ4v) is 1.35. The molecule has 0 spiro atoms. The molecule has 0 radical (unpaired) electrons. The van der Waals surface area contributed by atoms with Crippen LogP contribution in [-0.4, -0.2) is 55.6 Å². The van der Waals surface area contributed by atoms with E-state index in [1.165, 1.54) is 0 Å². The van der Waals surface area contributed by atoms with Crippen molar-refractivity contribution >= 4 is 14.3 Å². The van der Waals surface area contributed by atoms with E-state index < -0.39 is 14.5 Å². The van der Waals surface area contributed by atoms with Gasteiger partial charge in [0, 0.05) is 0 Å². The van der Waals surface area contributed by atoms with Crippen LogP contribution in [0.3, 0.4) is 0 Å². The van der Waals surface area contributed by atoms with E-state index in [0.717, 1.165) is 6.07 Å². The summed E-state index contributed by atoms with van der Waals surface area (Å²) < 4.78 is 10.1. The van der Waals surface area contributed by atoms with Crippen LogP contribution in [0.4, 0.5) is 5.95 Å². The molecule has 0 aliphatic carbocycles. The van der Waals surface area contributed by atoms with Crippen molar-refractivity contribution in [1.82, 2.24) is 9.97 Å². The Kier molecular flexibility index (Phi) is 5.96. The smallest absolute Gasteiger partial charge is 0.226 e. The number of rotatable bonds is 7. The van der Waals surface area contributed by atoms with E-state index in [1.54, 1.807) is 0 Å². The van der Waals surface area contributed by atoms with Gasteiger partial charge in [-0.1, -0.05) is 0 Å². The van der Waals surface area contributed by atoms with Crippen molar-refractivity contribution in [2.24, 2.45) is 0 Å². The molecule has 6 N–H and O–H groups in total. The molecule has 0 aliphatic heterocycles. The van der Waals surface area contributed by atoms with E-state index in [-0.39, 0.29) is 37.3 Å². The van der Waals surface area contributed by atoms with Crippen LogP contribution in [0, 0.1) is 0 Å². The third-order valence-corrected chi connectivity index (χ3v) is 2.13. The van der Waals surface area contributed by atoms with Crippen LogP contribution in [0.1, 0.15) is 0 Å². The maximum atomic E-state index is 9.14. The van der Waals surface area contributed by atoms with Crippen LogP contribution in [0.5, 0.6) is 11.8 Å². The Morgan fingerprint density at radius 1 is 1.39 bits per heavy atom. The number of nitrogens with zero attached hydrogens (tertiary/aromatic N) is 2. The van der Waals surface area contributed by atoms with Crippen LogP contribution in [0.15, 0.2) is 6.07 Å². The first-order valence-electron chi connectivity index (χ1n) is 4.85. The Balaban J connectivity index is 2.46. The summed E-state index contributed by atoms with van der Waals surface area (Å²) in [4.78, 5) is 24.4. The summed E-state index contributed by atoms with van der Waals surface area (Å²) in [5.41, 5.74) is 5.29. The number of aromatic hydroxyl groups is 1. The van der Waals surface area contributed by atoms with Gasteiger partial charge in [-0.2, -0.15) is 9.97 Å². The number of aliphatic hydroxyl groups is 1. The van der Waals surface area contributed by atoms with Crippen LogP contribution >= 0.6 is 8.38 Å². The van der Waals surface area contributed by atoms with E-state index in [9.17, 15) is 0 Å². The van der Waals surface area contributed by atoms with E-state index in [1.807, 2.05) is 0 Å². The summed E-state index contributed by atoms with van der Waals surface area (Å²) in [5.74, 6) is -0.466. The molecule has 0 aromatic carbocycles. The first kappa shape index (κ1) is 14.8. The molecule has 18 heavy (non-hydrogen) atoms. The highest BCUT2D eigenvalue weighted by Gasteiger charge is 2.12. The number of hydrogen-bond donors (Lipinski definition) is 5. The van der Waals surface area contributed by atoms with Crippen molar-refractivity contribution in [3.63, 3.8) is 0 Å². The monoisotopic (exact) mass is 279 g/mol. The lowest BCUT2D eigenvalue weighted by Crippen LogP contribution is -2.26. The molecule has 0 aliphatic rings. The van der Waals surface area contributed by atoms with E-state index in [4.69, 9.17) is 35.2 Å². The zero-order valence-corrected chi connectivity index (χ0v) is 10.2. The van der Waals surface area contributed by atoms with E-state index >= 15 is 0 Å². The number of aliphatic hydroxyl groups excluding tert-OH is 1. The number of nitrogen functional groups attached to an aromatic ring is 1. The Bertz CT molecular complexity index is 360. The molecular formula is C8H14N3O6P. The van der Waals surface area contributed by atoms with Gasteiger partial charge in [0.05, 0.1) is 12.7 Å². The van der Waals surface area contributed by atoms with Gasteiger partial charge in [-0.3, -0.25) is 0 Å². The van der Waals surface area contributed by atoms with Crippen LogP contribution in [0.25, 0.3) is 0 Å². The highest BCUT2D eigenvalue weighted by molar-refractivity contribution is 7.44. The summed E-state index contributed by atoms with van der Waals surface area (Å²) in [6.45, 7) is -0.453. The SMILES string of the molecule is Nc1nc(O)cc(OCC(CO)OCP(O)O)n1. The van der Waals surface area contributed by atoms with E-state index in [2.05, 4.69) is 9.97 Å². The van der Waals surface area contributed by atoms with Gasteiger partial charge >= 0.3 is 0 Å². The summed E-state index contributed by atoms with van der Waals surface area (Å²) >= 11 is 0. The highest BCUT2D eigenvalue weighted by atomic mass is 31.2. The average molecular weight is 279 g/mol. The molecule has 0 fully saturated rings. The zero-order chi connectivity index (χ0) is 13.5. The number of ether oxygens (including phenoxy) is 2. The van der Waals surface area contributed by atoms with Crippen LogP contribution in [0.2, 0.25) is 0 Å². The van der Waals surface area contributed by atoms with Gasteiger partial charge in [-0.15, -0.1) is 0 Å². The minimum atomic E-state index is -2.19. The largest absolute Gasteiger partial charge is 0.493 e. The Morgan fingerprint density at radius 2 is 2.11 bits per heavy atom. The highest BCUT2D eigenvalue weighted by Crippen LogP contribution is 2.23. The fraction of sp³-hybridized carbons (Fsp3) is 0.500. The summed E-state index contributed by atoms with van der Waals surface area (Å²) in [6, 6.07) is 1.15. The molecule has 1 atom stereocenters. The lowest BCUT2D eigenvalue weighted by Gasteiger charge is -2.16. The molecule has 1 aromatic rings. The molecule has 1 aromatic heterocycles. The molecule has 10 heteroatoms. The van der Waals surface area contributed by atoms with Gasteiger partial charge in [0.1, 0.15) is 19.1 Å². The first-order valence-corrected chi connectivity index (χ1v) is 6.28. The van der Waals surface area contributed by atoms with Crippen molar-refractivity contribution in [3.8, 4) is 11.8 Å². The summed E-state index contributed by atoms with van der Waals surface area (Å²) in [7, 11) is -2.19. The third kappa shape index (κ3) is 5.39. The van der Waals surface area contributed by atoms with Gasteiger partial charge in [0.25, 0.3) is 0 Å². The van der Waals surface area contributed by atoms with Gasteiger partial charge in [-0.25, -0.2) is 0 Å². The molecule has 1 heterocycles. The molecule has 0 saturated carbocycles. The zero-order valence-electron chi connectivity index (χ0n) is 9.30. The second-order valence-corrected chi connectivity index (χ2v) is 4.21. The number of hydrogen-bond acceptors (Lipinski definition) is 9. The van der Waals surface area contributed by atoms with Crippen LogP contribution < -0.4 is 10.5 Å². The Morgan fingerprint density at radius 3 is 2.67 bits per heavy atom. The predicted molar refractivity (Wildman–Crippen MR) is 61.8 cm³/mol. The molecule has 102 valence electrons. The van der Waals surface area contributed by atoms with Crippen molar-refractivity contribution in [2.75, 3.05) is 25.3 Å². The van der Waals surface area contributed by atoms with Gasteiger partial charge in [0.15, 0.2) is 8.38 Å². The second kappa shape index (κ2) is 7.24. The molecular weight excluding hydrogens is 265 g/mol. The van der Waals surface area contributed by atoms with Crippen molar-refractivity contribution in [3.05, 3.63) is 6.07 Å².